The summed E-state index contributed by atoms with van der Waals surface area (Å²) >= 11 is 0. The number of carbonyl (C=O) groups excluding carboxylic acids is 1. The van der Waals surface area contributed by atoms with Crippen molar-refractivity contribution in [2.24, 2.45) is 5.92 Å². The molecule has 0 amide bonds. The minimum atomic E-state index is -0.0107. The molecular formula is C8H16NO2+. The third-order valence-corrected chi connectivity index (χ3v) is 2.03. The normalized spacial score (nSPS) is 24.6. The summed E-state index contributed by atoms with van der Waals surface area (Å²) in [5.74, 6) is 0.146. The molecule has 64 valence electrons. The molecule has 0 spiro atoms. The van der Waals surface area contributed by atoms with Crippen molar-refractivity contribution in [2.75, 3.05) is 19.7 Å². The number of hydrogen-bond donors (Lipinski definition) is 1. The van der Waals surface area contributed by atoms with Crippen molar-refractivity contribution >= 4 is 5.97 Å². The summed E-state index contributed by atoms with van der Waals surface area (Å²) in [5.41, 5.74) is 0. The second kappa shape index (κ2) is 4.34. The number of ether oxygens (including phenoxy) is 1. The summed E-state index contributed by atoms with van der Waals surface area (Å²) in [6.07, 6.45) is 2.15. The van der Waals surface area contributed by atoms with Gasteiger partial charge in [-0.05, 0) is 19.8 Å². The zero-order valence-corrected chi connectivity index (χ0v) is 7.01. The van der Waals surface area contributed by atoms with Crippen LogP contribution in [0.3, 0.4) is 0 Å². The fraction of sp³-hybridized carbons (Fsp3) is 0.875. The Morgan fingerprint density at radius 2 is 2.55 bits per heavy atom. The third-order valence-electron chi connectivity index (χ3n) is 2.03. The molecule has 1 saturated heterocycles. The largest absolute Gasteiger partial charge is 0.466 e. The molecule has 0 aromatic rings. The smallest absolute Gasteiger partial charge is 0.314 e. The first-order valence-electron chi connectivity index (χ1n) is 4.33. The number of esters is 1. The van der Waals surface area contributed by atoms with Crippen LogP contribution in [0.25, 0.3) is 0 Å². The van der Waals surface area contributed by atoms with E-state index in [2.05, 4.69) is 5.32 Å². The minimum Gasteiger partial charge on any atom is -0.466 e. The molecule has 0 unspecified atom stereocenters. The van der Waals surface area contributed by atoms with Crippen LogP contribution in [0.4, 0.5) is 0 Å². The monoisotopic (exact) mass is 158 g/mol. The van der Waals surface area contributed by atoms with Crippen LogP contribution in [0.2, 0.25) is 0 Å². The van der Waals surface area contributed by atoms with Crippen LogP contribution in [0.1, 0.15) is 19.8 Å². The van der Waals surface area contributed by atoms with Gasteiger partial charge < -0.3 is 10.1 Å². The van der Waals surface area contributed by atoms with Gasteiger partial charge in [0.05, 0.1) is 19.7 Å². The van der Waals surface area contributed by atoms with Crippen molar-refractivity contribution in [2.45, 2.75) is 19.8 Å². The maximum absolute atomic E-state index is 11.2. The Balaban J connectivity index is 2.27. The van der Waals surface area contributed by atoms with E-state index in [1.54, 1.807) is 0 Å². The first-order valence-corrected chi connectivity index (χ1v) is 4.33. The van der Waals surface area contributed by atoms with Gasteiger partial charge in [-0.15, -0.1) is 0 Å². The number of carbonyl (C=O) groups is 1. The molecule has 1 atom stereocenters. The molecule has 1 fully saturated rings. The molecule has 3 heteroatoms. The lowest BCUT2D eigenvalue weighted by Gasteiger charge is -2.17. The van der Waals surface area contributed by atoms with Crippen molar-refractivity contribution in [1.29, 1.82) is 0 Å². The van der Waals surface area contributed by atoms with Gasteiger partial charge in [0.1, 0.15) is 5.92 Å². The molecule has 0 bridgehead atoms. The third kappa shape index (κ3) is 2.50. The highest BCUT2D eigenvalue weighted by Gasteiger charge is 2.24. The molecule has 1 aliphatic heterocycles. The molecule has 1 rings (SSSR count). The Morgan fingerprint density at radius 3 is 3.09 bits per heavy atom. The molecule has 0 radical (unpaired) electrons. The molecule has 0 aliphatic carbocycles. The van der Waals surface area contributed by atoms with E-state index >= 15 is 0 Å². The highest BCUT2D eigenvalue weighted by Crippen LogP contribution is 2.07. The van der Waals surface area contributed by atoms with Crippen molar-refractivity contribution < 1.29 is 14.8 Å². The molecule has 1 heterocycles. The van der Waals surface area contributed by atoms with Crippen LogP contribution in [0.5, 0.6) is 0 Å². The van der Waals surface area contributed by atoms with Gasteiger partial charge in [0.2, 0.25) is 0 Å². The Bertz CT molecular complexity index is 130. The van der Waals surface area contributed by atoms with Crippen LogP contribution >= 0.6 is 0 Å². The lowest BCUT2D eigenvalue weighted by atomic mass is 10.0. The number of quaternary nitrogens is 1. The van der Waals surface area contributed by atoms with Gasteiger partial charge in [-0.3, -0.25) is 4.79 Å². The van der Waals surface area contributed by atoms with Crippen LogP contribution in [-0.4, -0.2) is 25.7 Å². The number of rotatable bonds is 2. The highest BCUT2D eigenvalue weighted by atomic mass is 16.5. The first-order chi connectivity index (χ1) is 5.34. The van der Waals surface area contributed by atoms with E-state index in [4.69, 9.17) is 4.74 Å². The highest BCUT2D eigenvalue weighted by molar-refractivity contribution is 5.72. The summed E-state index contributed by atoms with van der Waals surface area (Å²) in [6.45, 7) is 4.44. The number of hydrogen-bond acceptors (Lipinski definition) is 2. The van der Waals surface area contributed by atoms with E-state index in [0.29, 0.717) is 6.61 Å². The van der Waals surface area contributed by atoms with Gasteiger partial charge in [-0.1, -0.05) is 0 Å². The van der Waals surface area contributed by atoms with E-state index in [-0.39, 0.29) is 11.9 Å². The molecule has 0 aromatic heterocycles. The Kier molecular flexibility index (Phi) is 3.36. The molecule has 0 saturated carbocycles. The van der Waals surface area contributed by atoms with Crippen LogP contribution < -0.4 is 5.32 Å². The fourth-order valence-electron chi connectivity index (χ4n) is 1.42. The molecule has 11 heavy (non-hydrogen) atoms. The lowest BCUT2D eigenvalue weighted by Crippen LogP contribution is -2.87. The standard InChI is InChI=1S/C8H15NO2/c1-2-11-8(10)7-4-3-5-9-6-7/h7,9H,2-6H2,1H3/p+1/t7-/m0/s1. The van der Waals surface area contributed by atoms with Crippen LogP contribution in [0.15, 0.2) is 0 Å². The number of nitrogens with two attached hydrogens (primary N) is 1. The van der Waals surface area contributed by atoms with Crippen LogP contribution in [0, 0.1) is 5.92 Å². The maximum atomic E-state index is 11.2. The van der Waals surface area contributed by atoms with E-state index < -0.39 is 0 Å². The van der Waals surface area contributed by atoms with Gasteiger partial charge in [-0.2, -0.15) is 0 Å². The van der Waals surface area contributed by atoms with Gasteiger partial charge in [0.25, 0.3) is 0 Å². The van der Waals surface area contributed by atoms with E-state index in [1.165, 1.54) is 0 Å². The Hall–Kier alpha value is -0.570. The van der Waals surface area contributed by atoms with Crippen molar-refractivity contribution in [3.8, 4) is 0 Å². The molecule has 3 nitrogen and oxygen atoms in total. The lowest BCUT2D eigenvalue weighted by molar-refractivity contribution is -0.666. The predicted molar refractivity (Wildman–Crippen MR) is 41.0 cm³/mol. The average molecular weight is 158 g/mol. The SMILES string of the molecule is CCOC(=O)[C@H]1CCC[NH2+]C1. The quantitative estimate of drug-likeness (QED) is 0.552. The summed E-state index contributed by atoms with van der Waals surface area (Å²) < 4.78 is 4.92. The summed E-state index contributed by atoms with van der Waals surface area (Å²) in [6, 6.07) is 0. The van der Waals surface area contributed by atoms with Gasteiger partial charge >= 0.3 is 5.97 Å². The Labute approximate surface area is 67.1 Å². The van der Waals surface area contributed by atoms with Gasteiger partial charge in [0.15, 0.2) is 0 Å². The molecule has 0 aromatic carbocycles. The topological polar surface area (TPSA) is 42.9 Å². The average Bonchev–Trinajstić information content (AvgIpc) is 2.07. The summed E-state index contributed by atoms with van der Waals surface area (Å²) in [7, 11) is 0. The number of piperidine rings is 1. The van der Waals surface area contributed by atoms with E-state index in [9.17, 15) is 4.79 Å². The van der Waals surface area contributed by atoms with Crippen molar-refractivity contribution in [3.63, 3.8) is 0 Å². The van der Waals surface area contributed by atoms with Gasteiger partial charge in [-0.25, -0.2) is 0 Å². The van der Waals surface area contributed by atoms with Crippen molar-refractivity contribution in [1.82, 2.24) is 0 Å². The Morgan fingerprint density at radius 1 is 1.73 bits per heavy atom. The molecular weight excluding hydrogens is 142 g/mol. The minimum absolute atomic E-state index is 0.0107. The van der Waals surface area contributed by atoms with E-state index in [0.717, 1.165) is 25.9 Å². The van der Waals surface area contributed by atoms with Gasteiger partial charge in [0, 0.05) is 0 Å². The second-order valence-electron chi connectivity index (χ2n) is 2.90. The van der Waals surface area contributed by atoms with E-state index in [1.807, 2.05) is 6.92 Å². The zero-order valence-electron chi connectivity index (χ0n) is 7.01. The summed E-state index contributed by atoms with van der Waals surface area (Å²) in [5, 5.41) is 2.19. The predicted octanol–water partition coefficient (Wildman–Crippen LogP) is -0.477. The first kappa shape index (κ1) is 8.53. The molecule has 2 N–H and O–H groups in total. The fourth-order valence-corrected chi connectivity index (χ4v) is 1.42. The van der Waals surface area contributed by atoms with Crippen molar-refractivity contribution in [3.05, 3.63) is 0 Å². The zero-order chi connectivity index (χ0) is 8.10. The maximum Gasteiger partial charge on any atom is 0.314 e. The summed E-state index contributed by atoms with van der Waals surface area (Å²) in [4.78, 5) is 11.2. The molecule has 1 aliphatic rings. The second-order valence-corrected chi connectivity index (χ2v) is 2.90. The van der Waals surface area contributed by atoms with Crippen LogP contribution in [-0.2, 0) is 9.53 Å².